The van der Waals surface area contributed by atoms with Crippen LogP contribution in [0.1, 0.15) is 17.7 Å². The fourth-order valence-electron chi connectivity index (χ4n) is 2.64. The summed E-state index contributed by atoms with van der Waals surface area (Å²) in [5, 5.41) is 12.0. The Hall–Kier alpha value is -2.54. The van der Waals surface area contributed by atoms with E-state index in [1.165, 1.54) is 17.3 Å². The van der Waals surface area contributed by atoms with Gasteiger partial charge in [-0.1, -0.05) is 42.1 Å². The summed E-state index contributed by atoms with van der Waals surface area (Å²) in [6, 6.07) is 12.1. The largest absolute Gasteiger partial charge is 0.469 e. The molecular weight excluding hydrogens is 348 g/mol. The van der Waals surface area contributed by atoms with Gasteiger partial charge in [-0.15, -0.1) is 10.2 Å². The Balaban J connectivity index is 1.43. The van der Waals surface area contributed by atoms with Gasteiger partial charge in [0.05, 0.1) is 17.6 Å². The standard InChI is InChI=1S/C19H22N4O2S/c1-14-16(10-12-25-14)18-21-22-19(23(18)2)26-13-17(24)20-11-6-9-15-7-4-3-5-8-15/h3-5,7-8,10,12H,6,9,11,13H2,1-2H3,(H,20,24). The molecule has 0 aliphatic rings. The van der Waals surface area contributed by atoms with Crippen LogP contribution in [0.15, 0.2) is 52.2 Å². The minimum Gasteiger partial charge on any atom is -0.469 e. The van der Waals surface area contributed by atoms with Crippen molar-refractivity contribution in [2.24, 2.45) is 7.05 Å². The van der Waals surface area contributed by atoms with Crippen molar-refractivity contribution in [3.63, 3.8) is 0 Å². The summed E-state index contributed by atoms with van der Waals surface area (Å²) in [5.74, 6) is 1.86. The number of benzene rings is 1. The smallest absolute Gasteiger partial charge is 0.230 e. The van der Waals surface area contributed by atoms with Crippen molar-refractivity contribution in [3.8, 4) is 11.4 Å². The molecule has 0 aliphatic heterocycles. The first-order valence-electron chi connectivity index (χ1n) is 8.52. The van der Waals surface area contributed by atoms with Crippen LogP contribution >= 0.6 is 11.8 Å². The quantitative estimate of drug-likeness (QED) is 0.487. The Morgan fingerprint density at radius 3 is 2.77 bits per heavy atom. The molecule has 3 rings (SSSR count). The molecule has 1 aromatic carbocycles. The van der Waals surface area contributed by atoms with Gasteiger partial charge in [-0.25, -0.2) is 0 Å². The maximum Gasteiger partial charge on any atom is 0.230 e. The van der Waals surface area contributed by atoms with E-state index in [9.17, 15) is 4.79 Å². The first-order valence-corrected chi connectivity index (χ1v) is 9.51. The van der Waals surface area contributed by atoms with Gasteiger partial charge in [0.2, 0.25) is 5.91 Å². The molecule has 1 N–H and O–H groups in total. The Labute approximate surface area is 157 Å². The fraction of sp³-hybridized carbons (Fsp3) is 0.316. The first-order chi connectivity index (χ1) is 12.6. The van der Waals surface area contributed by atoms with Gasteiger partial charge in [0.25, 0.3) is 0 Å². The zero-order valence-electron chi connectivity index (χ0n) is 14.9. The van der Waals surface area contributed by atoms with Crippen molar-refractivity contribution in [1.29, 1.82) is 0 Å². The van der Waals surface area contributed by atoms with Crippen molar-refractivity contribution < 1.29 is 9.21 Å². The summed E-state index contributed by atoms with van der Waals surface area (Å²) >= 11 is 1.38. The second kappa shape index (κ2) is 8.71. The first kappa shape index (κ1) is 18.3. The third kappa shape index (κ3) is 4.54. The zero-order chi connectivity index (χ0) is 18.4. The van der Waals surface area contributed by atoms with E-state index in [1.807, 2.05) is 42.8 Å². The van der Waals surface area contributed by atoms with Gasteiger partial charge >= 0.3 is 0 Å². The highest BCUT2D eigenvalue weighted by Crippen LogP contribution is 2.25. The highest BCUT2D eigenvalue weighted by Gasteiger charge is 2.15. The molecule has 0 saturated carbocycles. The van der Waals surface area contributed by atoms with Crippen molar-refractivity contribution in [2.75, 3.05) is 12.3 Å². The number of amides is 1. The molecule has 1 amide bonds. The van der Waals surface area contributed by atoms with Gasteiger partial charge < -0.3 is 14.3 Å². The van der Waals surface area contributed by atoms with Gasteiger partial charge in [0.1, 0.15) is 5.76 Å². The lowest BCUT2D eigenvalue weighted by Gasteiger charge is -2.06. The third-order valence-corrected chi connectivity index (χ3v) is 5.09. The summed E-state index contributed by atoms with van der Waals surface area (Å²) < 4.78 is 7.20. The molecule has 6 nitrogen and oxygen atoms in total. The lowest BCUT2D eigenvalue weighted by molar-refractivity contribution is -0.118. The number of carbonyl (C=O) groups excluding carboxylic acids is 1. The van der Waals surface area contributed by atoms with Crippen LogP contribution in [0.3, 0.4) is 0 Å². The zero-order valence-corrected chi connectivity index (χ0v) is 15.8. The monoisotopic (exact) mass is 370 g/mol. The van der Waals surface area contributed by atoms with Gasteiger partial charge in [-0.05, 0) is 31.4 Å². The number of carbonyl (C=O) groups is 1. The number of aromatic nitrogens is 3. The van der Waals surface area contributed by atoms with Gasteiger partial charge in [-0.3, -0.25) is 4.79 Å². The van der Waals surface area contributed by atoms with E-state index in [2.05, 4.69) is 27.6 Å². The highest BCUT2D eigenvalue weighted by atomic mass is 32.2. The Kier molecular flexibility index (Phi) is 6.12. The molecule has 2 heterocycles. The van der Waals surface area contributed by atoms with Crippen LogP contribution in [0.25, 0.3) is 11.4 Å². The summed E-state index contributed by atoms with van der Waals surface area (Å²) in [4.78, 5) is 12.0. The van der Waals surface area contributed by atoms with E-state index in [-0.39, 0.29) is 5.91 Å². The average Bonchev–Trinajstić information content (AvgIpc) is 3.23. The molecule has 2 aromatic heterocycles. The van der Waals surface area contributed by atoms with Crippen LogP contribution in [0.4, 0.5) is 0 Å². The van der Waals surface area contributed by atoms with Gasteiger partial charge in [0, 0.05) is 13.6 Å². The predicted molar refractivity (Wildman–Crippen MR) is 102 cm³/mol. The number of rotatable bonds is 8. The van der Waals surface area contributed by atoms with Crippen molar-refractivity contribution in [1.82, 2.24) is 20.1 Å². The van der Waals surface area contributed by atoms with E-state index in [0.717, 1.165) is 30.0 Å². The Morgan fingerprint density at radius 2 is 2.04 bits per heavy atom. The number of aryl methyl sites for hydroxylation is 2. The van der Waals surface area contributed by atoms with Crippen LogP contribution in [0, 0.1) is 6.92 Å². The number of hydrogen-bond donors (Lipinski definition) is 1. The molecule has 0 unspecified atom stereocenters. The van der Waals surface area contributed by atoms with E-state index >= 15 is 0 Å². The number of thioether (sulfide) groups is 1. The summed E-state index contributed by atoms with van der Waals surface area (Å²) in [7, 11) is 1.89. The minimum atomic E-state index is 0.00658. The Morgan fingerprint density at radius 1 is 1.23 bits per heavy atom. The van der Waals surface area contributed by atoms with Crippen LogP contribution in [-0.2, 0) is 18.3 Å². The number of nitrogens with zero attached hydrogens (tertiary/aromatic N) is 3. The second-order valence-corrected chi connectivity index (χ2v) is 6.93. The third-order valence-electron chi connectivity index (χ3n) is 4.07. The predicted octanol–water partition coefficient (Wildman–Crippen LogP) is 3.22. The van der Waals surface area contributed by atoms with Crippen molar-refractivity contribution in [2.45, 2.75) is 24.9 Å². The van der Waals surface area contributed by atoms with Crippen molar-refractivity contribution in [3.05, 3.63) is 54.0 Å². The molecular formula is C19H22N4O2S. The van der Waals surface area contributed by atoms with E-state index in [4.69, 9.17) is 4.42 Å². The van der Waals surface area contributed by atoms with Crippen molar-refractivity contribution >= 4 is 17.7 Å². The van der Waals surface area contributed by atoms with E-state index < -0.39 is 0 Å². The number of furan rings is 1. The lowest BCUT2D eigenvalue weighted by Crippen LogP contribution is -2.26. The number of hydrogen-bond acceptors (Lipinski definition) is 5. The van der Waals surface area contributed by atoms with Gasteiger partial charge in [0.15, 0.2) is 11.0 Å². The van der Waals surface area contributed by atoms with Crippen LogP contribution in [0.5, 0.6) is 0 Å². The number of nitrogens with one attached hydrogen (secondary N) is 1. The van der Waals surface area contributed by atoms with E-state index in [1.54, 1.807) is 6.26 Å². The maximum absolute atomic E-state index is 12.0. The van der Waals surface area contributed by atoms with Crippen LogP contribution in [-0.4, -0.2) is 33.0 Å². The topological polar surface area (TPSA) is 72.9 Å². The summed E-state index contributed by atoms with van der Waals surface area (Å²) in [6.07, 6.45) is 3.52. The molecule has 0 fully saturated rings. The summed E-state index contributed by atoms with van der Waals surface area (Å²) in [5.41, 5.74) is 2.20. The second-order valence-electron chi connectivity index (χ2n) is 5.98. The Bertz CT molecular complexity index is 858. The average molecular weight is 370 g/mol. The SMILES string of the molecule is Cc1occc1-c1nnc(SCC(=O)NCCCc2ccccc2)n1C. The van der Waals surface area contributed by atoms with Crippen LogP contribution < -0.4 is 5.32 Å². The molecule has 0 bridgehead atoms. The maximum atomic E-state index is 12.0. The van der Waals surface area contributed by atoms with Gasteiger partial charge in [-0.2, -0.15) is 0 Å². The normalized spacial score (nSPS) is 10.8. The molecule has 0 saturated heterocycles. The lowest BCUT2D eigenvalue weighted by atomic mass is 10.1. The van der Waals surface area contributed by atoms with E-state index in [0.29, 0.717) is 17.5 Å². The molecule has 0 atom stereocenters. The minimum absolute atomic E-state index is 0.00658. The summed E-state index contributed by atoms with van der Waals surface area (Å²) in [6.45, 7) is 2.56. The molecule has 7 heteroatoms. The molecule has 26 heavy (non-hydrogen) atoms. The molecule has 0 radical (unpaired) electrons. The van der Waals surface area contributed by atoms with Crippen LogP contribution in [0.2, 0.25) is 0 Å². The molecule has 136 valence electrons. The molecule has 0 spiro atoms. The molecule has 0 aliphatic carbocycles. The fourth-order valence-corrected chi connectivity index (χ4v) is 3.38. The molecule has 3 aromatic rings. The highest BCUT2D eigenvalue weighted by molar-refractivity contribution is 7.99.